The fourth-order valence-corrected chi connectivity index (χ4v) is 3.22. The number of nitrogens with one attached hydrogen (secondary N) is 1. The summed E-state index contributed by atoms with van der Waals surface area (Å²) in [6.07, 6.45) is 0. The zero-order valence-electron chi connectivity index (χ0n) is 14.5. The second-order valence-electron chi connectivity index (χ2n) is 5.93. The molecule has 1 unspecified atom stereocenters. The number of thiazole rings is 1. The van der Waals surface area contributed by atoms with Crippen LogP contribution < -0.4 is 5.32 Å². The number of methoxy groups -OCH3 is 1. The van der Waals surface area contributed by atoms with Gasteiger partial charge in [0.05, 0.1) is 18.7 Å². The summed E-state index contributed by atoms with van der Waals surface area (Å²) in [6, 6.07) is 14.4. The number of esters is 1. The van der Waals surface area contributed by atoms with Gasteiger partial charge in [0, 0.05) is 17.5 Å². The van der Waals surface area contributed by atoms with Gasteiger partial charge in [-0.2, -0.15) is 0 Å². The molecule has 1 aromatic heterocycles. The number of halogens is 1. The average Bonchev–Trinajstić information content (AvgIpc) is 3.15. The number of benzene rings is 2. The van der Waals surface area contributed by atoms with Crippen LogP contribution in [0.5, 0.6) is 0 Å². The molecule has 26 heavy (non-hydrogen) atoms. The Balaban J connectivity index is 1.67. The molecule has 0 saturated carbocycles. The number of hydrogen-bond donors (Lipinski definition) is 1. The van der Waals surface area contributed by atoms with Crippen LogP contribution in [-0.4, -0.2) is 24.6 Å². The molecule has 1 N–H and O–H groups in total. The third-order valence-electron chi connectivity index (χ3n) is 4.03. The summed E-state index contributed by atoms with van der Waals surface area (Å²) >= 11 is 1.49. The SMILES string of the molecule is COC(=O)C(C)CNc1nc(-c2ccc(-c3ccc(F)cc3)cc2)cs1. The fraction of sp³-hybridized carbons (Fsp3) is 0.200. The first-order valence-corrected chi connectivity index (χ1v) is 9.08. The lowest BCUT2D eigenvalue weighted by Crippen LogP contribution is -2.21. The second-order valence-corrected chi connectivity index (χ2v) is 6.79. The Morgan fingerprint density at radius 2 is 1.69 bits per heavy atom. The van der Waals surface area contributed by atoms with Crippen molar-refractivity contribution >= 4 is 22.4 Å². The molecule has 0 saturated heterocycles. The molecule has 0 aliphatic rings. The Kier molecular flexibility index (Phi) is 5.63. The van der Waals surface area contributed by atoms with E-state index in [4.69, 9.17) is 4.74 Å². The van der Waals surface area contributed by atoms with E-state index < -0.39 is 0 Å². The van der Waals surface area contributed by atoms with E-state index in [2.05, 4.69) is 10.3 Å². The van der Waals surface area contributed by atoms with Gasteiger partial charge in [0.1, 0.15) is 5.82 Å². The quantitative estimate of drug-likeness (QED) is 0.631. The van der Waals surface area contributed by atoms with E-state index >= 15 is 0 Å². The van der Waals surface area contributed by atoms with Gasteiger partial charge in [-0.25, -0.2) is 9.37 Å². The van der Waals surface area contributed by atoms with Crippen LogP contribution in [0.3, 0.4) is 0 Å². The predicted molar refractivity (Wildman–Crippen MR) is 103 cm³/mol. The number of rotatable bonds is 6. The summed E-state index contributed by atoms with van der Waals surface area (Å²) < 4.78 is 17.7. The summed E-state index contributed by atoms with van der Waals surface area (Å²) in [6.45, 7) is 2.28. The number of aromatic nitrogens is 1. The normalized spacial score (nSPS) is 11.8. The summed E-state index contributed by atoms with van der Waals surface area (Å²) in [4.78, 5) is 16.0. The Labute approximate surface area is 155 Å². The maximum absolute atomic E-state index is 13.0. The molecule has 1 heterocycles. The first kappa shape index (κ1) is 18.1. The molecule has 1 atom stereocenters. The largest absolute Gasteiger partial charge is 0.469 e. The predicted octanol–water partition coefficient (Wildman–Crippen LogP) is 4.84. The highest BCUT2D eigenvalue weighted by atomic mass is 32.1. The van der Waals surface area contributed by atoms with Crippen LogP contribution in [0.25, 0.3) is 22.4 Å². The molecule has 0 aliphatic heterocycles. The number of carbonyl (C=O) groups excluding carboxylic acids is 1. The van der Waals surface area contributed by atoms with Crippen LogP contribution in [0.4, 0.5) is 9.52 Å². The van der Waals surface area contributed by atoms with Gasteiger partial charge >= 0.3 is 5.97 Å². The lowest BCUT2D eigenvalue weighted by Gasteiger charge is -2.09. The van der Waals surface area contributed by atoms with Crippen molar-refractivity contribution in [2.75, 3.05) is 19.0 Å². The monoisotopic (exact) mass is 370 g/mol. The lowest BCUT2D eigenvalue weighted by molar-refractivity contribution is -0.144. The summed E-state index contributed by atoms with van der Waals surface area (Å²) in [5.74, 6) is -0.720. The van der Waals surface area contributed by atoms with E-state index in [1.165, 1.54) is 30.6 Å². The number of hydrogen-bond acceptors (Lipinski definition) is 5. The number of carbonyl (C=O) groups is 1. The van der Waals surface area contributed by atoms with Crippen molar-refractivity contribution in [3.8, 4) is 22.4 Å². The summed E-state index contributed by atoms with van der Waals surface area (Å²) in [5, 5.41) is 5.90. The van der Waals surface area contributed by atoms with E-state index in [-0.39, 0.29) is 17.7 Å². The minimum atomic E-state index is -0.245. The van der Waals surface area contributed by atoms with Gasteiger partial charge in [-0.1, -0.05) is 43.3 Å². The van der Waals surface area contributed by atoms with Gasteiger partial charge in [-0.3, -0.25) is 4.79 Å². The van der Waals surface area contributed by atoms with Crippen molar-refractivity contribution in [1.29, 1.82) is 0 Å². The Morgan fingerprint density at radius 1 is 1.12 bits per heavy atom. The maximum atomic E-state index is 13.0. The average molecular weight is 370 g/mol. The van der Waals surface area contributed by atoms with Crippen LogP contribution in [0.2, 0.25) is 0 Å². The van der Waals surface area contributed by atoms with E-state index in [9.17, 15) is 9.18 Å². The standard InChI is InChI=1S/C20H19FN2O2S/c1-13(19(24)25-2)11-22-20-23-18(12-26-20)16-5-3-14(4-6-16)15-7-9-17(21)10-8-15/h3-10,12-13H,11H2,1-2H3,(H,22,23). The van der Waals surface area contributed by atoms with E-state index in [1.807, 2.05) is 36.6 Å². The lowest BCUT2D eigenvalue weighted by atomic mass is 10.0. The number of nitrogens with zero attached hydrogens (tertiary/aromatic N) is 1. The zero-order valence-corrected chi connectivity index (χ0v) is 15.3. The molecule has 0 spiro atoms. The first-order chi connectivity index (χ1) is 12.6. The molecular formula is C20H19FN2O2S. The Morgan fingerprint density at radius 3 is 2.31 bits per heavy atom. The van der Waals surface area contributed by atoms with Crippen molar-refractivity contribution in [3.63, 3.8) is 0 Å². The molecule has 0 amide bonds. The van der Waals surface area contributed by atoms with Crippen LogP contribution >= 0.6 is 11.3 Å². The van der Waals surface area contributed by atoms with Crippen LogP contribution in [0, 0.1) is 11.7 Å². The molecule has 134 valence electrons. The number of ether oxygens (including phenoxy) is 1. The molecule has 0 bridgehead atoms. The van der Waals surface area contributed by atoms with Crippen molar-refractivity contribution in [1.82, 2.24) is 4.98 Å². The Bertz CT molecular complexity index is 876. The maximum Gasteiger partial charge on any atom is 0.310 e. The van der Waals surface area contributed by atoms with Crippen LogP contribution in [0.15, 0.2) is 53.9 Å². The number of anilines is 1. The van der Waals surface area contributed by atoms with Gasteiger partial charge in [0.25, 0.3) is 0 Å². The van der Waals surface area contributed by atoms with E-state index in [0.717, 1.165) is 27.5 Å². The molecule has 3 aromatic rings. The highest BCUT2D eigenvalue weighted by Crippen LogP contribution is 2.28. The van der Waals surface area contributed by atoms with Crippen LogP contribution in [-0.2, 0) is 9.53 Å². The highest BCUT2D eigenvalue weighted by Gasteiger charge is 2.13. The van der Waals surface area contributed by atoms with Crippen LogP contribution in [0.1, 0.15) is 6.92 Å². The third-order valence-corrected chi connectivity index (χ3v) is 4.83. The van der Waals surface area contributed by atoms with Crippen molar-refractivity contribution < 1.29 is 13.9 Å². The minimum absolute atomic E-state index is 0.234. The molecule has 6 heteroatoms. The molecule has 0 radical (unpaired) electrons. The molecule has 2 aromatic carbocycles. The third kappa shape index (κ3) is 4.26. The minimum Gasteiger partial charge on any atom is -0.469 e. The summed E-state index contributed by atoms with van der Waals surface area (Å²) in [7, 11) is 1.38. The smallest absolute Gasteiger partial charge is 0.310 e. The second kappa shape index (κ2) is 8.10. The van der Waals surface area contributed by atoms with Gasteiger partial charge < -0.3 is 10.1 Å². The molecular weight excluding hydrogens is 351 g/mol. The van der Waals surface area contributed by atoms with Gasteiger partial charge in [-0.15, -0.1) is 11.3 Å². The molecule has 3 rings (SSSR count). The Hall–Kier alpha value is -2.73. The van der Waals surface area contributed by atoms with E-state index in [0.29, 0.717) is 6.54 Å². The van der Waals surface area contributed by atoms with E-state index in [1.54, 1.807) is 12.1 Å². The molecule has 0 aliphatic carbocycles. The van der Waals surface area contributed by atoms with Crippen molar-refractivity contribution in [2.45, 2.75) is 6.92 Å². The topological polar surface area (TPSA) is 51.2 Å². The van der Waals surface area contributed by atoms with Crippen molar-refractivity contribution in [3.05, 3.63) is 59.7 Å². The highest BCUT2D eigenvalue weighted by molar-refractivity contribution is 7.14. The zero-order chi connectivity index (χ0) is 18.5. The summed E-state index contributed by atoms with van der Waals surface area (Å²) in [5.41, 5.74) is 3.86. The fourth-order valence-electron chi connectivity index (χ4n) is 2.49. The molecule has 4 nitrogen and oxygen atoms in total. The van der Waals surface area contributed by atoms with Gasteiger partial charge in [-0.05, 0) is 23.3 Å². The molecule has 0 fully saturated rings. The van der Waals surface area contributed by atoms with Crippen molar-refractivity contribution in [2.24, 2.45) is 5.92 Å². The van der Waals surface area contributed by atoms with Gasteiger partial charge in [0.15, 0.2) is 5.13 Å². The van der Waals surface area contributed by atoms with Gasteiger partial charge in [0.2, 0.25) is 0 Å². The first-order valence-electron chi connectivity index (χ1n) is 8.20.